The van der Waals surface area contributed by atoms with E-state index in [2.05, 4.69) is 44.0 Å². The Morgan fingerprint density at radius 2 is 1.90 bits per heavy atom. The first-order valence-corrected chi connectivity index (χ1v) is 10.5. The number of anilines is 3. The summed E-state index contributed by atoms with van der Waals surface area (Å²) in [6.45, 7) is 7.81. The number of amides is 1. The Balaban J connectivity index is 1.36. The van der Waals surface area contributed by atoms with Gasteiger partial charge in [-0.25, -0.2) is 4.98 Å². The molecule has 0 unspecified atom stereocenters. The third kappa shape index (κ3) is 3.13. The summed E-state index contributed by atoms with van der Waals surface area (Å²) >= 11 is 6.48. The van der Waals surface area contributed by atoms with Gasteiger partial charge in [0.1, 0.15) is 5.02 Å². The maximum Gasteiger partial charge on any atom is 0.230 e. The van der Waals surface area contributed by atoms with Gasteiger partial charge >= 0.3 is 0 Å². The molecule has 2 aromatic heterocycles. The number of hydrogen-bond acceptors (Lipinski definition) is 6. The summed E-state index contributed by atoms with van der Waals surface area (Å²) < 4.78 is 1.72. The zero-order valence-electron chi connectivity index (χ0n) is 17.0. The number of halogens is 1. The van der Waals surface area contributed by atoms with Crippen LogP contribution < -0.4 is 10.2 Å². The molecule has 5 rings (SSSR count). The van der Waals surface area contributed by atoms with Gasteiger partial charge in [0.05, 0.1) is 6.20 Å². The smallest absolute Gasteiger partial charge is 0.230 e. The lowest BCUT2D eigenvalue weighted by molar-refractivity contribution is -0.132. The number of likely N-dealkylation sites (tertiary alicyclic amines) is 1. The molecule has 4 heterocycles. The van der Waals surface area contributed by atoms with Crippen LogP contribution in [0.3, 0.4) is 0 Å². The quantitative estimate of drug-likeness (QED) is 0.827. The van der Waals surface area contributed by atoms with Crippen LogP contribution in [0, 0.1) is 16.7 Å². The van der Waals surface area contributed by atoms with E-state index in [1.54, 1.807) is 10.9 Å². The summed E-state index contributed by atoms with van der Waals surface area (Å²) in [5.41, 5.74) is 0.0286. The lowest BCUT2D eigenvalue weighted by atomic mass is 9.71. The summed E-state index contributed by atoms with van der Waals surface area (Å²) in [5, 5.41) is 7.98. The van der Waals surface area contributed by atoms with Crippen molar-refractivity contribution in [1.82, 2.24) is 24.6 Å². The number of nitrogens with zero attached hydrogens (tertiary/aromatic N) is 6. The molecule has 2 aliphatic heterocycles. The SMILES string of the molecule is Cn1ccc(Nc2ncc(Cl)c(N3C[C@]4(C)CN(C(=O)C5CC5)C[C@]4(C)C3)n2)n1. The third-order valence-corrected chi connectivity index (χ3v) is 7.10. The fourth-order valence-electron chi connectivity index (χ4n) is 4.79. The van der Waals surface area contributed by atoms with Crippen LogP contribution in [0.25, 0.3) is 0 Å². The van der Waals surface area contributed by atoms with E-state index in [4.69, 9.17) is 11.6 Å². The van der Waals surface area contributed by atoms with Crippen molar-refractivity contribution < 1.29 is 4.79 Å². The van der Waals surface area contributed by atoms with Gasteiger partial charge < -0.3 is 15.1 Å². The van der Waals surface area contributed by atoms with Crippen molar-refractivity contribution in [3.8, 4) is 0 Å². The maximum absolute atomic E-state index is 12.6. The van der Waals surface area contributed by atoms with Crippen LogP contribution in [0.5, 0.6) is 0 Å². The lowest BCUT2D eigenvalue weighted by Gasteiger charge is -2.29. The molecule has 0 bridgehead atoms. The molecular formula is C20H26ClN7O. The van der Waals surface area contributed by atoms with Crippen molar-refractivity contribution >= 4 is 35.1 Å². The Hall–Kier alpha value is -2.35. The summed E-state index contributed by atoms with van der Waals surface area (Å²) in [4.78, 5) is 25.9. The van der Waals surface area contributed by atoms with E-state index in [0.717, 1.165) is 44.8 Å². The van der Waals surface area contributed by atoms with Crippen molar-refractivity contribution in [2.75, 3.05) is 36.4 Å². The molecule has 3 aliphatic rings. The molecular weight excluding hydrogens is 390 g/mol. The Morgan fingerprint density at radius 3 is 2.48 bits per heavy atom. The van der Waals surface area contributed by atoms with E-state index in [9.17, 15) is 4.79 Å². The number of carbonyl (C=O) groups excluding carboxylic acids is 1. The van der Waals surface area contributed by atoms with Crippen LogP contribution in [-0.2, 0) is 11.8 Å². The second kappa shape index (κ2) is 6.32. The number of carbonyl (C=O) groups is 1. The van der Waals surface area contributed by atoms with Crippen LogP contribution in [0.4, 0.5) is 17.6 Å². The molecule has 2 saturated heterocycles. The molecule has 1 aliphatic carbocycles. The first-order chi connectivity index (χ1) is 13.8. The molecule has 2 aromatic rings. The summed E-state index contributed by atoms with van der Waals surface area (Å²) in [6, 6.07) is 1.87. The molecule has 8 nitrogen and oxygen atoms in total. The van der Waals surface area contributed by atoms with Gasteiger partial charge in [0, 0.05) is 62.2 Å². The molecule has 0 radical (unpaired) electrons. The fraction of sp³-hybridized carbons (Fsp3) is 0.600. The summed E-state index contributed by atoms with van der Waals surface area (Å²) in [5.74, 6) is 2.51. The van der Waals surface area contributed by atoms with Gasteiger partial charge in [0.2, 0.25) is 11.9 Å². The highest BCUT2D eigenvalue weighted by Crippen LogP contribution is 2.53. The van der Waals surface area contributed by atoms with Gasteiger partial charge in [-0.2, -0.15) is 10.1 Å². The highest BCUT2D eigenvalue weighted by molar-refractivity contribution is 6.32. The van der Waals surface area contributed by atoms with Gasteiger partial charge in [-0.05, 0) is 12.8 Å². The molecule has 29 heavy (non-hydrogen) atoms. The van der Waals surface area contributed by atoms with Gasteiger partial charge in [-0.15, -0.1) is 0 Å². The van der Waals surface area contributed by atoms with Crippen LogP contribution in [0.2, 0.25) is 5.02 Å². The van der Waals surface area contributed by atoms with Crippen LogP contribution >= 0.6 is 11.6 Å². The Morgan fingerprint density at radius 1 is 1.21 bits per heavy atom. The van der Waals surface area contributed by atoms with E-state index in [1.807, 2.05) is 19.3 Å². The Labute approximate surface area is 175 Å². The van der Waals surface area contributed by atoms with Gasteiger partial charge in [-0.3, -0.25) is 9.48 Å². The zero-order chi connectivity index (χ0) is 20.4. The van der Waals surface area contributed by atoms with Gasteiger partial charge in [0.15, 0.2) is 11.6 Å². The second-order valence-corrected chi connectivity index (χ2v) is 9.72. The van der Waals surface area contributed by atoms with E-state index in [1.165, 1.54) is 0 Å². The number of aromatic nitrogens is 4. The second-order valence-electron chi connectivity index (χ2n) is 9.31. The number of hydrogen-bond donors (Lipinski definition) is 1. The average Bonchev–Trinajstić information content (AvgIpc) is 3.31. The molecule has 0 aromatic carbocycles. The average molecular weight is 416 g/mol. The van der Waals surface area contributed by atoms with Crippen molar-refractivity contribution in [2.45, 2.75) is 26.7 Å². The standard InChI is InChI=1S/C20H26ClN7O/c1-19-9-27(10-20(19,2)12-28(11-19)17(29)13-4-5-13)16-14(21)8-22-18(24-16)23-15-6-7-26(3)25-15/h6-8,13H,4-5,9-12H2,1-3H3,(H,22,23,24,25)/t19-,20+. The number of aryl methyl sites for hydroxylation is 1. The topological polar surface area (TPSA) is 79.2 Å². The van der Waals surface area contributed by atoms with E-state index < -0.39 is 0 Å². The number of fused-ring (bicyclic) bond motifs is 1. The molecule has 1 N–H and O–H groups in total. The number of rotatable bonds is 4. The Bertz CT molecular complexity index is 953. The van der Waals surface area contributed by atoms with Crippen LogP contribution in [0.1, 0.15) is 26.7 Å². The molecule has 1 amide bonds. The predicted molar refractivity (Wildman–Crippen MR) is 111 cm³/mol. The first kappa shape index (κ1) is 18.7. The van der Waals surface area contributed by atoms with Crippen molar-refractivity contribution in [1.29, 1.82) is 0 Å². The molecule has 154 valence electrons. The lowest BCUT2D eigenvalue weighted by Crippen LogP contribution is -2.36. The zero-order valence-corrected chi connectivity index (χ0v) is 17.8. The Kier molecular flexibility index (Phi) is 4.07. The number of nitrogens with one attached hydrogen (secondary N) is 1. The van der Waals surface area contributed by atoms with E-state index >= 15 is 0 Å². The monoisotopic (exact) mass is 415 g/mol. The van der Waals surface area contributed by atoms with Crippen molar-refractivity contribution in [3.63, 3.8) is 0 Å². The van der Waals surface area contributed by atoms with Crippen LogP contribution in [0.15, 0.2) is 18.5 Å². The molecule has 9 heteroatoms. The fourth-order valence-corrected chi connectivity index (χ4v) is 5.00. The van der Waals surface area contributed by atoms with E-state index in [-0.39, 0.29) is 16.7 Å². The first-order valence-electron chi connectivity index (χ1n) is 10.1. The summed E-state index contributed by atoms with van der Waals surface area (Å²) in [6.07, 6.45) is 5.60. The summed E-state index contributed by atoms with van der Waals surface area (Å²) in [7, 11) is 1.86. The molecule has 2 atom stereocenters. The minimum Gasteiger partial charge on any atom is -0.354 e. The minimum absolute atomic E-state index is 0.0143. The third-order valence-electron chi connectivity index (χ3n) is 6.83. The highest BCUT2D eigenvalue weighted by atomic mass is 35.5. The highest BCUT2D eigenvalue weighted by Gasteiger charge is 2.59. The molecule has 0 spiro atoms. The normalized spacial score (nSPS) is 28.7. The van der Waals surface area contributed by atoms with Crippen molar-refractivity contribution in [3.05, 3.63) is 23.5 Å². The van der Waals surface area contributed by atoms with Crippen LogP contribution in [-0.4, -0.2) is 56.7 Å². The van der Waals surface area contributed by atoms with Gasteiger partial charge in [0.25, 0.3) is 0 Å². The molecule has 3 fully saturated rings. The van der Waals surface area contributed by atoms with Crippen molar-refractivity contribution in [2.24, 2.45) is 23.8 Å². The maximum atomic E-state index is 12.6. The van der Waals surface area contributed by atoms with E-state index in [0.29, 0.717) is 22.7 Å². The minimum atomic E-state index is 0.0143. The largest absolute Gasteiger partial charge is 0.354 e. The molecule has 1 saturated carbocycles. The van der Waals surface area contributed by atoms with Gasteiger partial charge in [-0.1, -0.05) is 25.4 Å². The predicted octanol–water partition coefficient (Wildman–Crippen LogP) is 2.69.